The molecule has 2 atom stereocenters. The molecular weight excluding hydrogens is 596 g/mol. The van der Waals surface area contributed by atoms with Crippen molar-refractivity contribution >= 4 is 29.6 Å². The number of unbranched alkanes of at least 4 members (excludes halogenated alkanes) is 18. The molecule has 0 radical (unpaired) electrons. The molecule has 1 amide bonds. The van der Waals surface area contributed by atoms with Crippen LogP contribution in [-0.2, 0) is 14.4 Å². The van der Waals surface area contributed by atoms with Crippen molar-refractivity contribution in [1.29, 1.82) is 0 Å². The fraction of sp³-hybridized carbons (Fsp3) is 0.921. The van der Waals surface area contributed by atoms with Gasteiger partial charge in [0, 0.05) is 25.4 Å². The van der Waals surface area contributed by atoms with E-state index in [1.54, 1.807) is 16.7 Å². The minimum Gasteiger partial charge on any atom is -0.481 e. The maximum atomic E-state index is 13.2. The molecule has 46 heavy (non-hydrogen) atoms. The van der Waals surface area contributed by atoms with Crippen LogP contribution in [0.15, 0.2) is 0 Å². The Hall–Kier alpha value is -1.28. The smallest absolute Gasteiger partial charge is 0.306 e. The molecule has 0 heterocycles. The monoisotopic (exact) mass is 671 g/mol. The molecule has 0 fully saturated rings. The molecule has 272 valence electrons. The molecule has 8 heteroatoms. The predicted molar refractivity (Wildman–Crippen MR) is 197 cm³/mol. The van der Waals surface area contributed by atoms with Gasteiger partial charge < -0.3 is 20.0 Å². The van der Waals surface area contributed by atoms with Crippen LogP contribution in [0, 0.1) is 11.8 Å². The Kier molecular flexibility index (Phi) is 31.4. The number of hydrogen-bond donors (Lipinski definition) is 2. The van der Waals surface area contributed by atoms with Crippen LogP contribution in [0.25, 0.3) is 0 Å². The van der Waals surface area contributed by atoms with Gasteiger partial charge in [-0.25, -0.2) is 0 Å². The number of thioether (sulfide) groups is 1. The van der Waals surface area contributed by atoms with Crippen molar-refractivity contribution in [2.75, 3.05) is 45.2 Å². The van der Waals surface area contributed by atoms with E-state index in [0.29, 0.717) is 44.5 Å². The molecule has 2 N–H and O–H groups in total. The van der Waals surface area contributed by atoms with Crippen LogP contribution in [0.5, 0.6) is 0 Å². The zero-order valence-corrected chi connectivity index (χ0v) is 31.4. The first-order valence-electron chi connectivity index (χ1n) is 19.2. The Morgan fingerprint density at radius 3 is 1.20 bits per heavy atom. The average molecular weight is 671 g/mol. The lowest BCUT2D eigenvalue weighted by molar-refractivity contribution is -0.143. The number of carboxylic acids is 2. The molecule has 7 nitrogen and oxygen atoms in total. The predicted octanol–water partition coefficient (Wildman–Crippen LogP) is 9.91. The summed E-state index contributed by atoms with van der Waals surface area (Å²) in [5, 5.41) is 19.8. The Bertz CT molecular complexity index is 690. The quantitative estimate of drug-likeness (QED) is 0.0648. The van der Waals surface area contributed by atoms with Crippen LogP contribution in [0.4, 0.5) is 0 Å². The van der Waals surface area contributed by atoms with Gasteiger partial charge in [-0.2, -0.15) is 11.8 Å². The minimum absolute atomic E-state index is 0.00472. The third-order valence-electron chi connectivity index (χ3n) is 9.27. The lowest BCUT2D eigenvalue weighted by Gasteiger charge is -2.26. The van der Waals surface area contributed by atoms with E-state index in [9.17, 15) is 24.6 Å². The Morgan fingerprint density at radius 1 is 0.522 bits per heavy atom. The van der Waals surface area contributed by atoms with Crippen molar-refractivity contribution < 1.29 is 24.6 Å². The highest BCUT2D eigenvalue weighted by atomic mass is 32.2. The van der Waals surface area contributed by atoms with Gasteiger partial charge in [-0.05, 0) is 39.8 Å². The van der Waals surface area contributed by atoms with E-state index < -0.39 is 23.8 Å². The summed E-state index contributed by atoms with van der Waals surface area (Å²) in [7, 11) is 4.02. The summed E-state index contributed by atoms with van der Waals surface area (Å²) >= 11 is 1.59. The normalized spacial score (nSPS) is 12.8. The van der Waals surface area contributed by atoms with Gasteiger partial charge in [0.25, 0.3) is 0 Å². The average Bonchev–Trinajstić information content (AvgIpc) is 3.02. The lowest BCUT2D eigenvalue weighted by Crippen LogP contribution is -2.37. The van der Waals surface area contributed by atoms with Gasteiger partial charge in [0.15, 0.2) is 0 Å². The standard InChI is InChI=1S/C38H74N2O5S/c1-5-7-9-11-13-15-17-19-21-23-25-34(37(42)43)27-29-40(36(41)33-46-32-31-39(3)4)30-28-35(38(44)45)26-24-22-20-18-16-14-12-10-8-6-2/h34-35H,5-33H2,1-4H3,(H,42,43)(H,44,45). The number of carbonyl (C=O) groups is 3. The molecule has 0 spiro atoms. The van der Waals surface area contributed by atoms with Gasteiger partial charge in [0.2, 0.25) is 5.91 Å². The molecule has 0 bridgehead atoms. The molecule has 0 saturated carbocycles. The number of carbonyl (C=O) groups excluding carboxylic acids is 1. The molecule has 0 saturated heterocycles. The number of hydrogen-bond acceptors (Lipinski definition) is 5. The van der Waals surface area contributed by atoms with Crippen molar-refractivity contribution in [3.05, 3.63) is 0 Å². The van der Waals surface area contributed by atoms with E-state index in [0.717, 1.165) is 50.8 Å². The third kappa shape index (κ3) is 27.8. The van der Waals surface area contributed by atoms with E-state index in [1.807, 2.05) is 14.1 Å². The molecule has 0 aromatic rings. The number of carboxylic acid groups (broad SMARTS) is 2. The van der Waals surface area contributed by atoms with E-state index in [1.165, 1.54) is 89.9 Å². The van der Waals surface area contributed by atoms with Crippen molar-refractivity contribution in [3.8, 4) is 0 Å². The maximum absolute atomic E-state index is 13.2. The fourth-order valence-corrected chi connectivity index (χ4v) is 7.02. The van der Waals surface area contributed by atoms with Crippen molar-refractivity contribution in [2.45, 2.75) is 168 Å². The Labute approximate surface area is 288 Å². The highest BCUT2D eigenvalue weighted by molar-refractivity contribution is 7.99. The van der Waals surface area contributed by atoms with Crippen LogP contribution >= 0.6 is 11.8 Å². The van der Waals surface area contributed by atoms with Gasteiger partial charge in [-0.1, -0.05) is 142 Å². The van der Waals surface area contributed by atoms with E-state index in [2.05, 4.69) is 18.7 Å². The summed E-state index contributed by atoms with van der Waals surface area (Å²) in [6.45, 7) is 6.13. The summed E-state index contributed by atoms with van der Waals surface area (Å²) in [4.78, 5) is 41.3. The zero-order chi connectivity index (χ0) is 34.3. The van der Waals surface area contributed by atoms with Gasteiger partial charge in [0.05, 0.1) is 17.6 Å². The molecule has 0 aromatic heterocycles. The number of aliphatic carboxylic acids is 2. The largest absolute Gasteiger partial charge is 0.481 e. The van der Waals surface area contributed by atoms with Crippen molar-refractivity contribution in [2.24, 2.45) is 11.8 Å². The molecule has 0 aromatic carbocycles. The number of amides is 1. The van der Waals surface area contributed by atoms with E-state index >= 15 is 0 Å². The summed E-state index contributed by atoms with van der Waals surface area (Å²) < 4.78 is 0. The third-order valence-corrected chi connectivity index (χ3v) is 10.2. The molecular formula is C38H74N2O5S. The second-order valence-corrected chi connectivity index (χ2v) is 14.9. The highest BCUT2D eigenvalue weighted by Gasteiger charge is 2.23. The summed E-state index contributed by atoms with van der Waals surface area (Å²) in [6.07, 6.45) is 26.5. The Morgan fingerprint density at radius 2 is 0.870 bits per heavy atom. The van der Waals surface area contributed by atoms with Gasteiger partial charge in [-0.3, -0.25) is 14.4 Å². The topological polar surface area (TPSA) is 98.2 Å². The van der Waals surface area contributed by atoms with E-state index in [-0.39, 0.29) is 5.91 Å². The summed E-state index contributed by atoms with van der Waals surface area (Å²) in [6, 6.07) is 0. The minimum atomic E-state index is -0.784. The van der Waals surface area contributed by atoms with Gasteiger partial charge in [-0.15, -0.1) is 0 Å². The second kappa shape index (κ2) is 32.3. The van der Waals surface area contributed by atoms with Gasteiger partial charge in [0.1, 0.15) is 0 Å². The van der Waals surface area contributed by atoms with Crippen LogP contribution in [-0.4, -0.2) is 83.1 Å². The lowest BCUT2D eigenvalue weighted by atomic mass is 9.95. The second-order valence-electron chi connectivity index (χ2n) is 13.8. The Balaban J connectivity index is 4.75. The first-order valence-corrected chi connectivity index (χ1v) is 20.3. The van der Waals surface area contributed by atoms with Crippen molar-refractivity contribution in [3.63, 3.8) is 0 Å². The van der Waals surface area contributed by atoms with Crippen LogP contribution in [0.1, 0.15) is 168 Å². The van der Waals surface area contributed by atoms with Crippen LogP contribution in [0.2, 0.25) is 0 Å². The molecule has 0 aliphatic heterocycles. The first kappa shape index (κ1) is 44.7. The van der Waals surface area contributed by atoms with E-state index in [4.69, 9.17) is 0 Å². The summed E-state index contributed by atoms with van der Waals surface area (Å²) in [5.41, 5.74) is 0. The van der Waals surface area contributed by atoms with Gasteiger partial charge >= 0.3 is 11.9 Å². The fourth-order valence-electron chi connectivity index (χ4n) is 6.02. The number of nitrogens with zero attached hydrogens (tertiary/aromatic N) is 2. The maximum Gasteiger partial charge on any atom is 0.306 e. The molecule has 0 aliphatic rings. The highest BCUT2D eigenvalue weighted by Crippen LogP contribution is 2.20. The molecule has 0 aliphatic carbocycles. The van der Waals surface area contributed by atoms with Crippen molar-refractivity contribution in [1.82, 2.24) is 9.80 Å². The molecule has 2 unspecified atom stereocenters. The summed E-state index contributed by atoms with van der Waals surface area (Å²) in [5.74, 6) is -1.31. The van der Waals surface area contributed by atoms with Crippen LogP contribution < -0.4 is 0 Å². The zero-order valence-electron chi connectivity index (χ0n) is 30.6. The SMILES string of the molecule is CCCCCCCCCCCCC(CCN(CCC(CCCCCCCCCCCC)C(=O)O)C(=O)CSCCN(C)C)C(=O)O. The first-order chi connectivity index (χ1) is 22.2. The molecule has 0 rings (SSSR count). The number of rotatable bonds is 35. The van der Waals surface area contributed by atoms with Crippen LogP contribution in [0.3, 0.4) is 0 Å².